The maximum Gasteiger partial charge on any atom is 0.216 e. The molecule has 0 aliphatic carbocycles. The van der Waals surface area contributed by atoms with Crippen LogP contribution >= 0.6 is 0 Å². The standard InChI is InChI=1S/C14H24N2O2S/c1-5-15-10-12-7-6-8-13(9-12)11-19(17,18)16-14(2,3)4/h6-9,15-16H,5,10-11H2,1-4H3. The van der Waals surface area contributed by atoms with Gasteiger partial charge in [0.1, 0.15) is 0 Å². The van der Waals surface area contributed by atoms with E-state index in [0.29, 0.717) is 0 Å². The predicted octanol–water partition coefficient (Wildman–Crippen LogP) is 2.01. The first-order valence-corrected chi connectivity index (χ1v) is 8.17. The normalized spacial score (nSPS) is 12.6. The van der Waals surface area contributed by atoms with E-state index in [-0.39, 0.29) is 5.75 Å². The van der Waals surface area contributed by atoms with Gasteiger partial charge in [0.25, 0.3) is 0 Å². The Labute approximate surface area is 116 Å². The predicted molar refractivity (Wildman–Crippen MR) is 79.3 cm³/mol. The van der Waals surface area contributed by atoms with Gasteiger partial charge >= 0.3 is 0 Å². The van der Waals surface area contributed by atoms with Crippen LogP contribution in [0.15, 0.2) is 24.3 Å². The van der Waals surface area contributed by atoms with Gasteiger partial charge < -0.3 is 5.32 Å². The first-order valence-electron chi connectivity index (χ1n) is 6.52. The summed E-state index contributed by atoms with van der Waals surface area (Å²) in [5, 5.41) is 3.23. The summed E-state index contributed by atoms with van der Waals surface area (Å²) in [7, 11) is -3.30. The fourth-order valence-electron chi connectivity index (χ4n) is 1.82. The largest absolute Gasteiger partial charge is 0.313 e. The minimum absolute atomic E-state index is 0.0181. The molecular weight excluding hydrogens is 260 g/mol. The second-order valence-electron chi connectivity index (χ2n) is 5.71. The van der Waals surface area contributed by atoms with Crippen LogP contribution in [0.5, 0.6) is 0 Å². The van der Waals surface area contributed by atoms with E-state index in [0.717, 1.165) is 24.2 Å². The molecule has 4 nitrogen and oxygen atoms in total. The summed E-state index contributed by atoms with van der Waals surface area (Å²) in [5.41, 5.74) is 1.47. The van der Waals surface area contributed by atoms with Crippen molar-refractivity contribution in [3.63, 3.8) is 0 Å². The number of nitrogens with one attached hydrogen (secondary N) is 2. The van der Waals surface area contributed by atoms with E-state index in [9.17, 15) is 8.42 Å². The van der Waals surface area contributed by atoms with Gasteiger partial charge in [-0.15, -0.1) is 0 Å². The van der Waals surface area contributed by atoms with Crippen molar-refractivity contribution in [1.29, 1.82) is 0 Å². The van der Waals surface area contributed by atoms with E-state index in [1.54, 1.807) is 0 Å². The Bertz CT molecular complexity index is 504. The molecule has 0 aliphatic heterocycles. The summed E-state index contributed by atoms with van der Waals surface area (Å²) in [6.45, 7) is 9.22. The van der Waals surface area contributed by atoms with Crippen molar-refractivity contribution in [3.8, 4) is 0 Å². The lowest BCUT2D eigenvalue weighted by Gasteiger charge is -2.20. The summed E-state index contributed by atoms with van der Waals surface area (Å²) < 4.78 is 26.7. The smallest absolute Gasteiger partial charge is 0.216 e. The van der Waals surface area contributed by atoms with Crippen LogP contribution in [0.25, 0.3) is 0 Å². The molecule has 0 fully saturated rings. The fourth-order valence-corrected chi connectivity index (χ4v) is 3.44. The van der Waals surface area contributed by atoms with E-state index in [2.05, 4.69) is 10.0 Å². The molecule has 0 radical (unpaired) electrons. The third-order valence-corrected chi connectivity index (χ3v) is 4.03. The second kappa shape index (κ2) is 6.50. The van der Waals surface area contributed by atoms with Crippen LogP contribution < -0.4 is 10.0 Å². The zero-order valence-corrected chi connectivity index (χ0v) is 13.0. The molecule has 0 atom stereocenters. The third-order valence-electron chi connectivity index (χ3n) is 2.39. The van der Waals surface area contributed by atoms with Crippen LogP contribution in [0.1, 0.15) is 38.8 Å². The van der Waals surface area contributed by atoms with Gasteiger partial charge in [-0.3, -0.25) is 0 Å². The maximum atomic E-state index is 12.0. The molecule has 0 saturated heterocycles. The highest BCUT2D eigenvalue weighted by atomic mass is 32.2. The minimum atomic E-state index is -3.30. The molecule has 0 saturated carbocycles. The maximum absolute atomic E-state index is 12.0. The summed E-state index contributed by atoms with van der Waals surface area (Å²) in [5.74, 6) is 0.0181. The van der Waals surface area contributed by atoms with Gasteiger partial charge in [0, 0.05) is 12.1 Å². The van der Waals surface area contributed by atoms with Gasteiger partial charge in [-0.05, 0) is 38.4 Å². The molecule has 0 aliphatic rings. The Balaban J connectivity index is 2.76. The highest BCUT2D eigenvalue weighted by Crippen LogP contribution is 2.11. The second-order valence-corrected chi connectivity index (χ2v) is 7.43. The van der Waals surface area contributed by atoms with Gasteiger partial charge in [0.15, 0.2) is 0 Å². The molecule has 19 heavy (non-hydrogen) atoms. The first kappa shape index (κ1) is 16.1. The van der Waals surface area contributed by atoms with Crippen molar-refractivity contribution in [3.05, 3.63) is 35.4 Å². The topological polar surface area (TPSA) is 58.2 Å². The number of rotatable bonds is 6. The average Bonchev–Trinajstić information content (AvgIpc) is 2.22. The average molecular weight is 284 g/mol. The highest BCUT2D eigenvalue weighted by molar-refractivity contribution is 7.88. The third kappa shape index (κ3) is 6.71. The fraction of sp³-hybridized carbons (Fsp3) is 0.571. The molecular formula is C14H24N2O2S. The molecule has 1 aromatic carbocycles. The zero-order valence-electron chi connectivity index (χ0n) is 12.2. The van der Waals surface area contributed by atoms with Crippen molar-refractivity contribution >= 4 is 10.0 Å². The number of hydrogen-bond acceptors (Lipinski definition) is 3. The van der Waals surface area contributed by atoms with Gasteiger partial charge in [-0.1, -0.05) is 31.2 Å². The zero-order chi connectivity index (χ0) is 14.5. The van der Waals surface area contributed by atoms with Crippen molar-refractivity contribution in [2.45, 2.75) is 45.5 Å². The van der Waals surface area contributed by atoms with Crippen LogP contribution in [0.3, 0.4) is 0 Å². The van der Waals surface area contributed by atoms with Gasteiger partial charge in [0.05, 0.1) is 5.75 Å². The van der Waals surface area contributed by atoms with Crippen LogP contribution in [0.2, 0.25) is 0 Å². The monoisotopic (exact) mass is 284 g/mol. The summed E-state index contributed by atoms with van der Waals surface area (Å²) in [6.07, 6.45) is 0. The molecule has 2 N–H and O–H groups in total. The van der Waals surface area contributed by atoms with Crippen LogP contribution in [0, 0.1) is 0 Å². The summed E-state index contributed by atoms with van der Waals surface area (Å²) in [4.78, 5) is 0. The quantitative estimate of drug-likeness (QED) is 0.840. The Morgan fingerprint density at radius 2 is 1.79 bits per heavy atom. The number of sulfonamides is 1. The Morgan fingerprint density at radius 1 is 1.16 bits per heavy atom. The van der Waals surface area contributed by atoms with E-state index in [1.165, 1.54) is 0 Å². The van der Waals surface area contributed by atoms with Gasteiger partial charge in [-0.2, -0.15) is 0 Å². The molecule has 5 heteroatoms. The van der Waals surface area contributed by atoms with Gasteiger partial charge in [0.2, 0.25) is 10.0 Å². The molecule has 0 amide bonds. The number of hydrogen-bond donors (Lipinski definition) is 2. The number of benzene rings is 1. The van der Waals surface area contributed by atoms with Crippen molar-refractivity contribution in [2.75, 3.05) is 6.54 Å². The van der Waals surface area contributed by atoms with E-state index in [1.807, 2.05) is 52.0 Å². The van der Waals surface area contributed by atoms with Crippen LogP contribution in [-0.2, 0) is 22.3 Å². The Morgan fingerprint density at radius 3 is 2.37 bits per heavy atom. The molecule has 0 aromatic heterocycles. The molecule has 0 unspecified atom stereocenters. The molecule has 1 aromatic rings. The first-order chi connectivity index (χ1) is 8.72. The van der Waals surface area contributed by atoms with Crippen LogP contribution in [0.4, 0.5) is 0 Å². The lowest BCUT2D eigenvalue weighted by atomic mass is 10.1. The Hall–Kier alpha value is -0.910. The lowest BCUT2D eigenvalue weighted by Crippen LogP contribution is -2.41. The molecule has 0 heterocycles. The van der Waals surface area contributed by atoms with Crippen LogP contribution in [-0.4, -0.2) is 20.5 Å². The molecule has 108 valence electrons. The summed E-state index contributed by atoms with van der Waals surface area (Å²) >= 11 is 0. The SMILES string of the molecule is CCNCc1cccc(CS(=O)(=O)NC(C)(C)C)c1. The molecule has 0 spiro atoms. The lowest BCUT2D eigenvalue weighted by molar-refractivity contribution is 0.491. The van der Waals surface area contributed by atoms with Crippen molar-refractivity contribution in [1.82, 2.24) is 10.0 Å². The molecule has 1 rings (SSSR count). The van der Waals surface area contributed by atoms with E-state index in [4.69, 9.17) is 0 Å². The van der Waals surface area contributed by atoms with Crippen molar-refractivity contribution in [2.24, 2.45) is 0 Å². The minimum Gasteiger partial charge on any atom is -0.313 e. The Kier molecular flexibility index (Phi) is 5.52. The van der Waals surface area contributed by atoms with E-state index >= 15 is 0 Å². The van der Waals surface area contributed by atoms with Gasteiger partial charge in [-0.25, -0.2) is 13.1 Å². The summed E-state index contributed by atoms with van der Waals surface area (Å²) in [6, 6.07) is 7.67. The van der Waals surface area contributed by atoms with E-state index < -0.39 is 15.6 Å². The molecule has 0 bridgehead atoms. The van der Waals surface area contributed by atoms with Crippen molar-refractivity contribution < 1.29 is 8.42 Å². The highest BCUT2D eigenvalue weighted by Gasteiger charge is 2.20.